The van der Waals surface area contributed by atoms with E-state index in [9.17, 15) is 0 Å². The Kier molecular flexibility index (Phi) is 4.96. The molecule has 0 spiro atoms. The molecule has 0 aromatic carbocycles. The Morgan fingerprint density at radius 2 is 2.11 bits per heavy atom. The molecule has 3 nitrogen and oxygen atoms in total. The number of nitrogens with one attached hydrogen (secondary N) is 1. The summed E-state index contributed by atoms with van der Waals surface area (Å²) in [4.78, 5) is 4.05. The summed E-state index contributed by atoms with van der Waals surface area (Å²) in [6, 6.07) is 6.38. The van der Waals surface area contributed by atoms with Crippen molar-refractivity contribution in [3.8, 4) is 0 Å². The van der Waals surface area contributed by atoms with Crippen molar-refractivity contribution in [2.24, 2.45) is 0 Å². The van der Waals surface area contributed by atoms with Gasteiger partial charge in [0.1, 0.15) is 0 Å². The van der Waals surface area contributed by atoms with Gasteiger partial charge in [-0.05, 0) is 59.1 Å². The van der Waals surface area contributed by atoms with Gasteiger partial charge in [-0.15, -0.1) is 0 Å². The normalized spacial score (nSPS) is 12.6. The second-order valence-electron chi connectivity index (χ2n) is 4.22. The van der Waals surface area contributed by atoms with Gasteiger partial charge >= 0.3 is 0 Å². The number of aromatic nitrogens is 1. The largest absolute Gasteiger partial charge is 0.457 e. The maximum Gasteiger partial charge on any atom is 0.173 e. The van der Waals surface area contributed by atoms with E-state index < -0.39 is 0 Å². The molecule has 0 fully saturated rings. The smallest absolute Gasteiger partial charge is 0.173 e. The second-order valence-corrected chi connectivity index (χ2v) is 4.94. The van der Waals surface area contributed by atoms with Crippen LogP contribution in [0.3, 0.4) is 0 Å². The highest BCUT2D eigenvalue weighted by molar-refractivity contribution is 9.10. The highest BCUT2D eigenvalue weighted by atomic mass is 79.9. The minimum absolute atomic E-state index is 0.264. The summed E-state index contributed by atoms with van der Waals surface area (Å²) < 4.78 is 6.14. The van der Waals surface area contributed by atoms with E-state index >= 15 is 0 Å². The first kappa shape index (κ1) is 13.3. The van der Waals surface area contributed by atoms with E-state index in [0.29, 0.717) is 0 Å². The molecule has 0 bridgehead atoms. The zero-order chi connectivity index (χ0) is 12.8. The molecule has 1 atom stereocenters. The van der Waals surface area contributed by atoms with Gasteiger partial charge in [-0.3, -0.25) is 4.98 Å². The maximum absolute atomic E-state index is 5.33. The lowest BCUT2D eigenvalue weighted by atomic mass is 10.0. The number of hydrogen-bond acceptors (Lipinski definition) is 3. The average molecular weight is 309 g/mol. The fraction of sp³-hybridized carbons (Fsp3) is 0.357. The Morgan fingerprint density at radius 1 is 1.33 bits per heavy atom. The molecule has 0 saturated carbocycles. The van der Waals surface area contributed by atoms with Crippen LogP contribution in [0.2, 0.25) is 0 Å². The van der Waals surface area contributed by atoms with E-state index in [4.69, 9.17) is 4.42 Å². The first-order valence-electron chi connectivity index (χ1n) is 6.16. The van der Waals surface area contributed by atoms with Crippen LogP contribution in [-0.2, 0) is 6.42 Å². The monoisotopic (exact) mass is 308 g/mol. The summed E-state index contributed by atoms with van der Waals surface area (Å²) >= 11 is 3.45. The Balaban J connectivity index is 2.13. The summed E-state index contributed by atoms with van der Waals surface area (Å²) in [7, 11) is 0. The standard InChI is InChI=1S/C14H17BrN2O/c1-2-6-17-13(12-5-9-18-14(12)15)10-11-3-7-16-8-4-11/h3-5,7-9,13,17H,2,6,10H2,1H3. The predicted molar refractivity (Wildman–Crippen MR) is 75.4 cm³/mol. The van der Waals surface area contributed by atoms with Gasteiger partial charge in [-0.2, -0.15) is 0 Å². The molecule has 0 aliphatic heterocycles. The highest BCUT2D eigenvalue weighted by Crippen LogP contribution is 2.27. The van der Waals surface area contributed by atoms with Crippen molar-refractivity contribution in [1.82, 2.24) is 10.3 Å². The molecular formula is C14H17BrN2O. The molecule has 0 aliphatic rings. The molecule has 4 heteroatoms. The second kappa shape index (κ2) is 6.71. The first-order chi connectivity index (χ1) is 8.81. The van der Waals surface area contributed by atoms with E-state index in [2.05, 4.69) is 45.3 Å². The van der Waals surface area contributed by atoms with Crippen LogP contribution < -0.4 is 5.32 Å². The molecule has 2 rings (SSSR count). The van der Waals surface area contributed by atoms with Crippen molar-refractivity contribution >= 4 is 15.9 Å². The highest BCUT2D eigenvalue weighted by Gasteiger charge is 2.16. The molecule has 0 saturated heterocycles. The molecular weight excluding hydrogens is 292 g/mol. The summed E-state index contributed by atoms with van der Waals surface area (Å²) in [6.45, 7) is 3.16. The Morgan fingerprint density at radius 3 is 2.72 bits per heavy atom. The third kappa shape index (κ3) is 3.43. The fourth-order valence-electron chi connectivity index (χ4n) is 1.92. The lowest BCUT2D eigenvalue weighted by molar-refractivity contribution is 0.498. The molecule has 2 heterocycles. The SMILES string of the molecule is CCCNC(Cc1ccncc1)c1ccoc1Br. The molecule has 0 amide bonds. The van der Waals surface area contributed by atoms with Gasteiger partial charge in [-0.1, -0.05) is 6.92 Å². The number of halogens is 1. The number of pyridine rings is 1. The van der Waals surface area contributed by atoms with Crippen LogP contribution in [0.1, 0.15) is 30.5 Å². The van der Waals surface area contributed by atoms with E-state index in [1.54, 1.807) is 6.26 Å². The predicted octanol–water partition coefficient (Wildman–Crippen LogP) is 3.72. The topological polar surface area (TPSA) is 38.1 Å². The molecule has 18 heavy (non-hydrogen) atoms. The van der Waals surface area contributed by atoms with Gasteiger partial charge in [0.25, 0.3) is 0 Å². The third-order valence-electron chi connectivity index (χ3n) is 2.85. The summed E-state index contributed by atoms with van der Waals surface area (Å²) in [5.74, 6) is 0. The maximum atomic E-state index is 5.33. The first-order valence-corrected chi connectivity index (χ1v) is 6.95. The molecule has 0 aliphatic carbocycles. The zero-order valence-electron chi connectivity index (χ0n) is 10.4. The molecule has 96 valence electrons. The van der Waals surface area contributed by atoms with E-state index in [1.807, 2.05) is 18.5 Å². The fourth-order valence-corrected chi connectivity index (χ4v) is 2.44. The van der Waals surface area contributed by atoms with Gasteiger partial charge in [-0.25, -0.2) is 0 Å². The van der Waals surface area contributed by atoms with E-state index in [-0.39, 0.29) is 6.04 Å². The number of rotatable bonds is 6. The third-order valence-corrected chi connectivity index (χ3v) is 3.50. The van der Waals surface area contributed by atoms with Gasteiger partial charge in [0, 0.05) is 24.0 Å². The minimum Gasteiger partial charge on any atom is -0.457 e. The van der Waals surface area contributed by atoms with Crippen molar-refractivity contribution in [3.05, 3.63) is 52.7 Å². The van der Waals surface area contributed by atoms with Crippen LogP contribution in [0.15, 0.2) is 45.9 Å². The summed E-state index contributed by atoms with van der Waals surface area (Å²) in [5.41, 5.74) is 2.44. The van der Waals surface area contributed by atoms with E-state index in [1.165, 1.54) is 11.1 Å². The zero-order valence-corrected chi connectivity index (χ0v) is 12.0. The van der Waals surface area contributed by atoms with Crippen LogP contribution >= 0.6 is 15.9 Å². The number of furan rings is 1. The van der Waals surface area contributed by atoms with Crippen molar-refractivity contribution in [2.45, 2.75) is 25.8 Å². The van der Waals surface area contributed by atoms with Crippen LogP contribution in [0.5, 0.6) is 0 Å². The van der Waals surface area contributed by atoms with Gasteiger partial charge in [0.2, 0.25) is 0 Å². The Bertz CT molecular complexity index is 470. The van der Waals surface area contributed by atoms with Crippen molar-refractivity contribution in [3.63, 3.8) is 0 Å². The van der Waals surface area contributed by atoms with E-state index in [0.717, 1.165) is 24.1 Å². The molecule has 1 N–H and O–H groups in total. The molecule has 2 aromatic heterocycles. The van der Waals surface area contributed by atoms with Crippen molar-refractivity contribution in [1.29, 1.82) is 0 Å². The lowest BCUT2D eigenvalue weighted by Crippen LogP contribution is -2.24. The Hall–Kier alpha value is -1.13. The molecule has 2 aromatic rings. The number of nitrogens with zero attached hydrogens (tertiary/aromatic N) is 1. The van der Waals surface area contributed by atoms with Gasteiger partial charge in [0.15, 0.2) is 4.67 Å². The summed E-state index contributed by atoms with van der Waals surface area (Å²) in [5, 5.41) is 3.55. The molecule has 1 unspecified atom stereocenters. The Labute approximate surface area is 116 Å². The average Bonchev–Trinajstić information content (AvgIpc) is 2.82. The van der Waals surface area contributed by atoms with Crippen LogP contribution in [-0.4, -0.2) is 11.5 Å². The van der Waals surface area contributed by atoms with Crippen molar-refractivity contribution in [2.75, 3.05) is 6.54 Å². The van der Waals surface area contributed by atoms with Crippen LogP contribution in [0.4, 0.5) is 0 Å². The quantitative estimate of drug-likeness (QED) is 0.884. The van der Waals surface area contributed by atoms with Crippen molar-refractivity contribution < 1.29 is 4.42 Å². The minimum atomic E-state index is 0.264. The number of hydrogen-bond donors (Lipinski definition) is 1. The van der Waals surface area contributed by atoms with Crippen LogP contribution in [0.25, 0.3) is 0 Å². The van der Waals surface area contributed by atoms with Gasteiger partial charge in [0.05, 0.1) is 6.26 Å². The van der Waals surface area contributed by atoms with Gasteiger partial charge < -0.3 is 9.73 Å². The molecule has 0 radical (unpaired) electrons. The summed E-state index contributed by atoms with van der Waals surface area (Å²) in [6.07, 6.45) is 7.42. The lowest BCUT2D eigenvalue weighted by Gasteiger charge is -2.17. The van der Waals surface area contributed by atoms with Crippen LogP contribution in [0, 0.1) is 0 Å².